The lowest BCUT2D eigenvalue weighted by atomic mass is 9.78. The summed E-state index contributed by atoms with van der Waals surface area (Å²) in [5, 5.41) is 14.7. The Hall–Kier alpha value is -2.38. The van der Waals surface area contributed by atoms with Gasteiger partial charge in [-0.3, -0.25) is 14.7 Å². The first kappa shape index (κ1) is 23.3. The van der Waals surface area contributed by atoms with E-state index in [1.165, 1.54) is 6.07 Å². The van der Waals surface area contributed by atoms with E-state index < -0.39 is 22.7 Å². The minimum Gasteiger partial charge on any atom is -0.381 e. The molecule has 3 rings (SSSR count). The van der Waals surface area contributed by atoms with Gasteiger partial charge in [-0.1, -0.05) is 32.9 Å². The van der Waals surface area contributed by atoms with Gasteiger partial charge < -0.3 is 10.4 Å². The number of hydrogen-bond acceptors (Lipinski definition) is 4. The lowest BCUT2D eigenvalue weighted by molar-refractivity contribution is -0.131. The summed E-state index contributed by atoms with van der Waals surface area (Å²) in [5.74, 6) is -2.04. The van der Waals surface area contributed by atoms with E-state index in [9.17, 15) is 18.7 Å². The van der Waals surface area contributed by atoms with Gasteiger partial charge in [-0.25, -0.2) is 8.78 Å². The van der Waals surface area contributed by atoms with Crippen LogP contribution in [0.2, 0.25) is 0 Å². The molecule has 1 saturated heterocycles. The number of carbonyl (C=O) groups excluding carboxylic acids is 1. The SMILES string of the molecule is CC(C)(C)C(=O)NCC(O)(c1ccccn1)C1CCCN(Cc2ccc(F)c(F)c2)C1. The van der Waals surface area contributed by atoms with E-state index in [0.717, 1.165) is 25.5 Å². The van der Waals surface area contributed by atoms with Crippen LogP contribution in [-0.2, 0) is 16.9 Å². The molecule has 7 heteroatoms. The zero-order valence-corrected chi connectivity index (χ0v) is 18.4. The lowest BCUT2D eigenvalue weighted by Gasteiger charge is -2.42. The highest BCUT2D eigenvalue weighted by Gasteiger charge is 2.42. The number of amides is 1. The maximum absolute atomic E-state index is 13.6. The molecule has 0 aliphatic carbocycles. The maximum atomic E-state index is 13.6. The van der Waals surface area contributed by atoms with Crippen LogP contribution in [-0.4, -0.2) is 40.5 Å². The summed E-state index contributed by atoms with van der Waals surface area (Å²) >= 11 is 0. The highest BCUT2D eigenvalue weighted by atomic mass is 19.2. The van der Waals surface area contributed by atoms with Gasteiger partial charge in [0.25, 0.3) is 0 Å². The highest BCUT2D eigenvalue weighted by Crippen LogP contribution is 2.35. The molecular formula is C24H31F2N3O2. The molecule has 2 unspecified atom stereocenters. The van der Waals surface area contributed by atoms with Gasteiger partial charge in [0, 0.05) is 30.6 Å². The van der Waals surface area contributed by atoms with Crippen molar-refractivity contribution in [2.24, 2.45) is 11.3 Å². The van der Waals surface area contributed by atoms with Gasteiger partial charge in [0.05, 0.1) is 12.2 Å². The van der Waals surface area contributed by atoms with Crippen LogP contribution in [0.1, 0.15) is 44.9 Å². The van der Waals surface area contributed by atoms with Crippen LogP contribution >= 0.6 is 0 Å². The minimum atomic E-state index is -1.34. The predicted molar refractivity (Wildman–Crippen MR) is 115 cm³/mol. The summed E-state index contributed by atoms with van der Waals surface area (Å²) in [5.41, 5.74) is -0.712. The molecule has 0 saturated carbocycles. The van der Waals surface area contributed by atoms with Crippen LogP contribution in [0, 0.1) is 23.0 Å². The largest absolute Gasteiger partial charge is 0.381 e. The maximum Gasteiger partial charge on any atom is 0.225 e. The van der Waals surface area contributed by atoms with Crippen molar-refractivity contribution in [3.05, 3.63) is 65.5 Å². The molecule has 2 atom stereocenters. The third-order valence-electron chi connectivity index (χ3n) is 5.88. The van der Waals surface area contributed by atoms with Gasteiger partial charge in [0.2, 0.25) is 5.91 Å². The van der Waals surface area contributed by atoms with E-state index in [4.69, 9.17) is 0 Å². The van der Waals surface area contributed by atoms with Gasteiger partial charge >= 0.3 is 0 Å². The van der Waals surface area contributed by atoms with E-state index in [0.29, 0.717) is 24.3 Å². The second-order valence-corrected chi connectivity index (χ2v) is 9.39. The van der Waals surface area contributed by atoms with Gasteiger partial charge in [-0.15, -0.1) is 0 Å². The van der Waals surface area contributed by atoms with E-state index in [2.05, 4.69) is 15.2 Å². The topological polar surface area (TPSA) is 65.5 Å². The average molecular weight is 432 g/mol. The van der Waals surface area contributed by atoms with E-state index in [1.807, 2.05) is 26.8 Å². The molecule has 1 aliphatic rings. The fourth-order valence-electron chi connectivity index (χ4n) is 4.03. The standard InChI is InChI=1S/C24H31F2N3O2/c1-23(2,3)22(30)28-16-24(31,21-8-4-5-11-27-21)18-7-6-12-29(15-18)14-17-9-10-19(25)20(26)13-17/h4-5,8-11,13,18,31H,6-7,12,14-16H2,1-3H3,(H,28,30). The summed E-state index contributed by atoms with van der Waals surface area (Å²) in [4.78, 5) is 19.0. The Morgan fingerprint density at radius 3 is 2.65 bits per heavy atom. The Bertz CT molecular complexity index is 901. The molecule has 2 aromatic rings. The summed E-state index contributed by atoms with van der Waals surface area (Å²) in [6.45, 7) is 7.34. The van der Waals surface area contributed by atoms with Gasteiger partial charge in [0.1, 0.15) is 5.60 Å². The molecule has 1 aliphatic heterocycles. The summed E-state index contributed by atoms with van der Waals surface area (Å²) < 4.78 is 26.9. The van der Waals surface area contributed by atoms with Crippen LogP contribution in [0.5, 0.6) is 0 Å². The molecule has 5 nitrogen and oxygen atoms in total. The quantitative estimate of drug-likeness (QED) is 0.733. The second-order valence-electron chi connectivity index (χ2n) is 9.39. The normalized spacial score (nSPS) is 19.6. The third kappa shape index (κ3) is 5.66. The van der Waals surface area contributed by atoms with Crippen molar-refractivity contribution in [3.63, 3.8) is 0 Å². The van der Waals surface area contributed by atoms with Gasteiger partial charge in [-0.2, -0.15) is 0 Å². The predicted octanol–water partition coefficient (Wildman–Crippen LogP) is 3.62. The molecule has 168 valence electrons. The van der Waals surface area contributed by atoms with Crippen LogP contribution < -0.4 is 5.32 Å². The molecular weight excluding hydrogens is 400 g/mol. The van der Waals surface area contributed by atoms with Crippen molar-refractivity contribution in [3.8, 4) is 0 Å². The fraction of sp³-hybridized carbons (Fsp3) is 0.500. The van der Waals surface area contributed by atoms with E-state index in [1.54, 1.807) is 24.4 Å². The Morgan fingerprint density at radius 2 is 2.00 bits per heavy atom. The zero-order chi connectivity index (χ0) is 22.6. The first-order valence-corrected chi connectivity index (χ1v) is 10.7. The summed E-state index contributed by atoms with van der Waals surface area (Å²) in [7, 11) is 0. The number of nitrogens with one attached hydrogen (secondary N) is 1. The third-order valence-corrected chi connectivity index (χ3v) is 5.88. The van der Waals surface area contributed by atoms with E-state index >= 15 is 0 Å². The number of pyridine rings is 1. The lowest BCUT2D eigenvalue weighted by Crippen LogP contribution is -2.53. The first-order valence-electron chi connectivity index (χ1n) is 10.7. The Balaban J connectivity index is 1.79. The number of hydrogen-bond donors (Lipinski definition) is 2. The molecule has 0 bridgehead atoms. The summed E-state index contributed by atoms with van der Waals surface area (Å²) in [6, 6.07) is 9.31. The van der Waals surface area contributed by atoms with Crippen LogP contribution in [0.15, 0.2) is 42.6 Å². The van der Waals surface area contributed by atoms with Crippen molar-refractivity contribution < 1.29 is 18.7 Å². The Morgan fingerprint density at radius 1 is 1.23 bits per heavy atom. The van der Waals surface area contributed by atoms with Crippen molar-refractivity contribution >= 4 is 5.91 Å². The van der Waals surface area contributed by atoms with Crippen molar-refractivity contribution in [1.29, 1.82) is 0 Å². The molecule has 1 amide bonds. The van der Waals surface area contributed by atoms with Gasteiger partial charge in [-0.05, 0) is 49.2 Å². The smallest absolute Gasteiger partial charge is 0.225 e. The molecule has 1 fully saturated rings. The number of rotatable bonds is 6. The number of carbonyl (C=O) groups is 1. The Labute approximate surface area is 182 Å². The molecule has 2 N–H and O–H groups in total. The summed E-state index contributed by atoms with van der Waals surface area (Å²) in [6.07, 6.45) is 3.25. The number of nitrogens with zero attached hydrogens (tertiary/aromatic N) is 2. The number of aromatic nitrogens is 1. The van der Waals surface area contributed by atoms with Gasteiger partial charge in [0.15, 0.2) is 11.6 Å². The zero-order valence-electron chi connectivity index (χ0n) is 18.4. The molecule has 2 heterocycles. The van der Waals surface area contributed by atoms with Crippen molar-refractivity contribution in [2.75, 3.05) is 19.6 Å². The highest BCUT2D eigenvalue weighted by molar-refractivity contribution is 5.81. The van der Waals surface area contributed by atoms with Crippen LogP contribution in [0.25, 0.3) is 0 Å². The fourth-order valence-corrected chi connectivity index (χ4v) is 4.03. The first-order chi connectivity index (χ1) is 14.6. The molecule has 1 aromatic carbocycles. The number of aliphatic hydroxyl groups is 1. The molecule has 31 heavy (non-hydrogen) atoms. The van der Waals surface area contributed by atoms with Crippen LogP contribution in [0.4, 0.5) is 8.78 Å². The minimum absolute atomic E-state index is 0.0593. The van der Waals surface area contributed by atoms with Crippen molar-refractivity contribution in [1.82, 2.24) is 15.2 Å². The molecule has 0 spiro atoms. The van der Waals surface area contributed by atoms with Crippen LogP contribution in [0.3, 0.4) is 0 Å². The second kappa shape index (κ2) is 9.40. The number of halogens is 2. The molecule has 1 aromatic heterocycles. The van der Waals surface area contributed by atoms with E-state index in [-0.39, 0.29) is 18.4 Å². The van der Waals surface area contributed by atoms with Crippen molar-refractivity contribution in [2.45, 2.75) is 45.8 Å². The number of likely N-dealkylation sites (tertiary alicyclic amines) is 1. The monoisotopic (exact) mass is 431 g/mol. The molecule has 0 radical (unpaired) electrons. The number of benzene rings is 1. The Kier molecular flexibility index (Phi) is 7.06. The number of piperidine rings is 1. The average Bonchev–Trinajstić information content (AvgIpc) is 2.74.